The van der Waals surface area contributed by atoms with Gasteiger partial charge in [-0.1, -0.05) is 31.5 Å². The van der Waals surface area contributed by atoms with Crippen molar-refractivity contribution in [2.75, 3.05) is 0 Å². The minimum Gasteiger partial charge on any atom is -0.327 e. The van der Waals surface area contributed by atoms with Gasteiger partial charge < -0.3 is 4.57 Å². The van der Waals surface area contributed by atoms with Crippen molar-refractivity contribution in [3.8, 4) is 0 Å². The predicted octanol–water partition coefficient (Wildman–Crippen LogP) is 4.56. The molecule has 3 N–H and O–H groups in total. The van der Waals surface area contributed by atoms with Gasteiger partial charge in [0.1, 0.15) is 11.6 Å². The Morgan fingerprint density at radius 1 is 1.19 bits per heavy atom. The average Bonchev–Trinajstić information content (AvgIpc) is 3.40. The van der Waals surface area contributed by atoms with Crippen molar-refractivity contribution in [1.29, 1.82) is 0 Å². The molecule has 0 saturated carbocycles. The van der Waals surface area contributed by atoms with Gasteiger partial charge in [0.2, 0.25) is 10.0 Å². The van der Waals surface area contributed by atoms with Gasteiger partial charge in [-0.15, -0.1) is 11.3 Å². The lowest BCUT2D eigenvalue weighted by Crippen LogP contribution is -2.23. The molecule has 4 rings (SSSR count). The van der Waals surface area contributed by atoms with Crippen LogP contribution in [0.4, 0.5) is 4.39 Å². The van der Waals surface area contributed by atoms with Crippen molar-refractivity contribution in [2.45, 2.75) is 43.8 Å². The minimum atomic E-state index is -3.80. The van der Waals surface area contributed by atoms with Gasteiger partial charge in [0.05, 0.1) is 28.5 Å². The highest BCUT2D eigenvalue weighted by molar-refractivity contribution is 7.89. The van der Waals surface area contributed by atoms with E-state index >= 15 is 0 Å². The first kappa shape index (κ1) is 22.6. The summed E-state index contributed by atoms with van der Waals surface area (Å²) in [6.45, 7) is 3.36. The number of aromatic nitrogens is 2. The fourth-order valence-electron chi connectivity index (χ4n) is 3.72. The summed E-state index contributed by atoms with van der Waals surface area (Å²) in [7, 11) is -3.80. The molecule has 6 nitrogen and oxygen atoms in total. The van der Waals surface area contributed by atoms with Gasteiger partial charge in [-0.2, -0.15) is 0 Å². The second kappa shape index (κ2) is 9.50. The SMILES string of the molecule is CCCCn1c(CNC(c2ccc(F)cc2)c2cccs2)nc2cc(S(N)(=O)=O)ccc21. The van der Waals surface area contributed by atoms with Crippen LogP contribution in [0.15, 0.2) is 64.9 Å². The molecule has 168 valence electrons. The number of fused-ring (bicyclic) bond motifs is 1. The van der Waals surface area contributed by atoms with E-state index in [4.69, 9.17) is 10.1 Å². The molecular formula is C23H25FN4O2S2. The van der Waals surface area contributed by atoms with E-state index < -0.39 is 10.0 Å². The van der Waals surface area contributed by atoms with Gasteiger partial charge in [-0.25, -0.2) is 22.9 Å². The van der Waals surface area contributed by atoms with E-state index in [0.717, 1.165) is 41.2 Å². The third-order valence-electron chi connectivity index (χ3n) is 5.36. The number of halogens is 1. The van der Waals surface area contributed by atoms with Crippen LogP contribution in [0.25, 0.3) is 11.0 Å². The topological polar surface area (TPSA) is 90.0 Å². The summed E-state index contributed by atoms with van der Waals surface area (Å²) < 4.78 is 39.1. The second-order valence-corrected chi connectivity index (χ2v) is 10.2. The summed E-state index contributed by atoms with van der Waals surface area (Å²) in [6, 6.07) is 15.2. The molecule has 1 unspecified atom stereocenters. The van der Waals surface area contributed by atoms with Crippen molar-refractivity contribution in [2.24, 2.45) is 5.14 Å². The minimum absolute atomic E-state index is 0.0485. The number of unbranched alkanes of at least 4 members (excludes halogenated alkanes) is 1. The average molecular weight is 473 g/mol. The van der Waals surface area contributed by atoms with Crippen LogP contribution in [0.1, 0.15) is 42.1 Å². The lowest BCUT2D eigenvalue weighted by atomic mass is 10.1. The Morgan fingerprint density at radius 2 is 1.97 bits per heavy atom. The zero-order valence-corrected chi connectivity index (χ0v) is 19.3. The largest absolute Gasteiger partial charge is 0.327 e. The number of benzene rings is 2. The van der Waals surface area contributed by atoms with Gasteiger partial charge in [0.25, 0.3) is 0 Å². The number of primary sulfonamides is 1. The summed E-state index contributed by atoms with van der Waals surface area (Å²) in [6.07, 6.45) is 2.00. The van der Waals surface area contributed by atoms with Crippen LogP contribution < -0.4 is 10.5 Å². The van der Waals surface area contributed by atoms with E-state index in [1.54, 1.807) is 29.5 Å². The maximum atomic E-state index is 13.5. The number of rotatable bonds is 9. The number of nitrogens with two attached hydrogens (primary N) is 1. The van der Waals surface area contributed by atoms with E-state index in [-0.39, 0.29) is 16.8 Å². The smallest absolute Gasteiger partial charge is 0.238 e. The van der Waals surface area contributed by atoms with Crippen LogP contribution in [0.3, 0.4) is 0 Å². The monoisotopic (exact) mass is 472 g/mol. The fourth-order valence-corrected chi connectivity index (χ4v) is 5.08. The molecule has 32 heavy (non-hydrogen) atoms. The molecule has 0 fully saturated rings. The van der Waals surface area contributed by atoms with Crippen molar-refractivity contribution in [1.82, 2.24) is 14.9 Å². The van der Waals surface area contributed by atoms with Gasteiger partial charge >= 0.3 is 0 Å². The molecule has 0 amide bonds. The number of sulfonamides is 1. The van der Waals surface area contributed by atoms with Gasteiger partial charge in [0.15, 0.2) is 0 Å². The van der Waals surface area contributed by atoms with Crippen LogP contribution in [-0.2, 0) is 23.1 Å². The summed E-state index contributed by atoms with van der Waals surface area (Å²) in [4.78, 5) is 5.89. The van der Waals surface area contributed by atoms with E-state index in [0.29, 0.717) is 12.1 Å². The quantitative estimate of drug-likeness (QED) is 0.374. The Bertz CT molecular complexity index is 1300. The maximum absolute atomic E-state index is 13.5. The first-order valence-electron chi connectivity index (χ1n) is 10.4. The van der Waals surface area contributed by atoms with Gasteiger partial charge in [0, 0.05) is 11.4 Å². The zero-order valence-electron chi connectivity index (χ0n) is 17.7. The van der Waals surface area contributed by atoms with Crippen LogP contribution in [-0.4, -0.2) is 18.0 Å². The number of imidazole rings is 1. The number of thiophene rings is 1. The number of nitrogens with zero attached hydrogens (tertiary/aromatic N) is 2. The Hall–Kier alpha value is -2.59. The highest BCUT2D eigenvalue weighted by Gasteiger charge is 2.19. The summed E-state index contributed by atoms with van der Waals surface area (Å²) in [5, 5.41) is 10.9. The second-order valence-electron chi connectivity index (χ2n) is 7.61. The molecule has 0 radical (unpaired) electrons. The molecule has 0 aliphatic carbocycles. The Kier molecular flexibility index (Phi) is 6.71. The Balaban J connectivity index is 1.68. The Labute approximate surface area is 191 Å². The summed E-state index contributed by atoms with van der Waals surface area (Å²) >= 11 is 1.63. The number of hydrogen-bond donors (Lipinski definition) is 2. The number of hydrogen-bond acceptors (Lipinski definition) is 5. The lowest BCUT2D eigenvalue weighted by molar-refractivity contribution is 0.550. The third-order valence-corrected chi connectivity index (χ3v) is 7.21. The van der Waals surface area contributed by atoms with Crippen LogP contribution in [0, 0.1) is 5.82 Å². The fraction of sp³-hybridized carbons (Fsp3) is 0.261. The molecule has 2 aromatic carbocycles. The van der Waals surface area contributed by atoms with E-state index in [1.165, 1.54) is 24.3 Å². The highest BCUT2D eigenvalue weighted by Crippen LogP contribution is 2.27. The molecule has 9 heteroatoms. The van der Waals surface area contributed by atoms with Crippen LogP contribution in [0.5, 0.6) is 0 Å². The Morgan fingerprint density at radius 3 is 2.62 bits per heavy atom. The molecule has 4 aromatic rings. The third kappa shape index (κ3) is 4.91. The van der Waals surface area contributed by atoms with Gasteiger partial charge in [-0.05, 0) is 53.8 Å². The summed E-state index contributed by atoms with van der Waals surface area (Å²) in [5.41, 5.74) is 2.43. The zero-order chi connectivity index (χ0) is 22.7. The first-order chi connectivity index (χ1) is 15.4. The molecule has 2 heterocycles. The van der Waals surface area contributed by atoms with E-state index in [2.05, 4.69) is 16.8 Å². The van der Waals surface area contributed by atoms with Crippen molar-refractivity contribution in [3.63, 3.8) is 0 Å². The molecule has 0 spiro atoms. The van der Waals surface area contributed by atoms with Crippen molar-refractivity contribution < 1.29 is 12.8 Å². The molecular weight excluding hydrogens is 447 g/mol. The molecule has 0 aliphatic heterocycles. The number of aryl methyl sites for hydroxylation is 1. The standard InChI is InChI=1S/C23H25FN4O2S2/c1-2-3-12-28-20-11-10-18(32(25,29)30)14-19(20)27-22(28)15-26-23(21-5-4-13-31-21)16-6-8-17(24)9-7-16/h4-11,13-14,23,26H,2-3,12,15H2,1H3,(H2,25,29,30). The van der Waals surface area contributed by atoms with E-state index in [9.17, 15) is 12.8 Å². The molecule has 0 aliphatic rings. The van der Waals surface area contributed by atoms with Gasteiger partial charge in [-0.3, -0.25) is 5.32 Å². The first-order valence-corrected chi connectivity index (χ1v) is 12.8. The molecule has 2 aromatic heterocycles. The molecule has 1 atom stereocenters. The van der Waals surface area contributed by atoms with Crippen LogP contribution in [0.2, 0.25) is 0 Å². The van der Waals surface area contributed by atoms with Crippen LogP contribution >= 0.6 is 11.3 Å². The number of nitrogens with one attached hydrogen (secondary N) is 1. The predicted molar refractivity (Wildman–Crippen MR) is 125 cm³/mol. The normalized spacial score (nSPS) is 13.0. The molecule has 0 saturated heterocycles. The van der Waals surface area contributed by atoms with Crippen molar-refractivity contribution in [3.05, 3.63) is 82.1 Å². The van der Waals surface area contributed by atoms with Crippen molar-refractivity contribution >= 4 is 32.4 Å². The van der Waals surface area contributed by atoms with E-state index in [1.807, 2.05) is 17.5 Å². The lowest BCUT2D eigenvalue weighted by Gasteiger charge is -2.19. The highest BCUT2D eigenvalue weighted by atomic mass is 32.2. The summed E-state index contributed by atoms with van der Waals surface area (Å²) in [5.74, 6) is 0.536. The maximum Gasteiger partial charge on any atom is 0.238 e. The molecule has 0 bridgehead atoms.